The van der Waals surface area contributed by atoms with Crippen LogP contribution < -0.4 is 16.4 Å². The summed E-state index contributed by atoms with van der Waals surface area (Å²) in [5.74, 6) is -2.80. The second-order valence-electron chi connectivity index (χ2n) is 6.73. The molecule has 10 nitrogen and oxygen atoms in total. The van der Waals surface area contributed by atoms with Crippen molar-refractivity contribution >= 4 is 23.7 Å². The summed E-state index contributed by atoms with van der Waals surface area (Å²) in [6.07, 6.45) is 1.22. The number of carboxylic acids is 1. The zero-order chi connectivity index (χ0) is 19.9. The van der Waals surface area contributed by atoms with Gasteiger partial charge < -0.3 is 31.5 Å². The van der Waals surface area contributed by atoms with Crippen molar-refractivity contribution in [2.75, 3.05) is 19.7 Å². The topological polar surface area (TPSA) is 162 Å². The van der Waals surface area contributed by atoms with Crippen molar-refractivity contribution in [3.63, 3.8) is 0 Å². The van der Waals surface area contributed by atoms with Crippen molar-refractivity contribution < 1.29 is 29.4 Å². The highest BCUT2D eigenvalue weighted by atomic mass is 16.4. The molecule has 1 aliphatic heterocycles. The third kappa shape index (κ3) is 5.95. The zero-order valence-electron chi connectivity index (χ0n) is 15.1. The van der Waals surface area contributed by atoms with Gasteiger partial charge in [-0.25, -0.2) is 4.79 Å². The standard InChI is InChI=1S/C16H28N4O6/c1-9(2)6-10(16(25)26)19-14(23)12-4-3-5-20(12)15(24)11(8-21)18-13(22)7-17/h9-12,21H,3-8,17H2,1-2H3,(H,18,22)(H,19,23)(H,25,26). The minimum Gasteiger partial charge on any atom is -0.480 e. The lowest BCUT2D eigenvalue weighted by molar-refractivity contribution is -0.145. The maximum absolute atomic E-state index is 12.6. The van der Waals surface area contributed by atoms with Gasteiger partial charge in [0.15, 0.2) is 0 Å². The lowest BCUT2D eigenvalue weighted by atomic mass is 10.0. The Labute approximate surface area is 152 Å². The van der Waals surface area contributed by atoms with Gasteiger partial charge in [-0.1, -0.05) is 13.8 Å². The molecule has 6 N–H and O–H groups in total. The molecule has 0 aliphatic carbocycles. The molecule has 0 radical (unpaired) electrons. The number of nitrogens with two attached hydrogens (primary N) is 1. The number of carbonyl (C=O) groups excluding carboxylic acids is 3. The number of nitrogens with one attached hydrogen (secondary N) is 2. The fourth-order valence-electron chi connectivity index (χ4n) is 2.90. The van der Waals surface area contributed by atoms with Gasteiger partial charge in [0.05, 0.1) is 13.2 Å². The van der Waals surface area contributed by atoms with Crippen LogP contribution in [-0.4, -0.2) is 76.6 Å². The lowest BCUT2D eigenvalue weighted by Gasteiger charge is -2.29. The Morgan fingerprint density at radius 2 is 1.85 bits per heavy atom. The van der Waals surface area contributed by atoms with E-state index in [-0.39, 0.29) is 25.4 Å². The van der Waals surface area contributed by atoms with Gasteiger partial charge in [0, 0.05) is 6.54 Å². The van der Waals surface area contributed by atoms with Crippen LogP contribution in [0.25, 0.3) is 0 Å². The van der Waals surface area contributed by atoms with Crippen LogP contribution in [0.3, 0.4) is 0 Å². The Morgan fingerprint density at radius 3 is 2.35 bits per heavy atom. The van der Waals surface area contributed by atoms with E-state index in [2.05, 4.69) is 10.6 Å². The number of nitrogens with zero attached hydrogens (tertiary/aromatic N) is 1. The monoisotopic (exact) mass is 372 g/mol. The van der Waals surface area contributed by atoms with E-state index in [1.54, 1.807) is 0 Å². The first-order valence-corrected chi connectivity index (χ1v) is 8.65. The second kappa shape index (κ2) is 10.1. The zero-order valence-corrected chi connectivity index (χ0v) is 15.1. The SMILES string of the molecule is CC(C)CC(NC(=O)C1CCCN1C(=O)C(CO)NC(=O)CN)C(=O)O. The van der Waals surface area contributed by atoms with Gasteiger partial charge in [-0.15, -0.1) is 0 Å². The Kier molecular flexibility index (Phi) is 8.46. The van der Waals surface area contributed by atoms with Crippen LogP contribution >= 0.6 is 0 Å². The van der Waals surface area contributed by atoms with Crippen LogP contribution in [0.15, 0.2) is 0 Å². The third-order valence-corrected chi connectivity index (χ3v) is 4.16. The van der Waals surface area contributed by atoms with Gasteiger partial charge in [-0.3, -0.25) is 14.4 Å². The summed E-state index contributed by atoms with van der Waals surface area (Å²) in [4.78, 5) is 49.0. The minimum atomic E-state index is -1.19. The van der Waals surface area contributed by atoms with Crippen LogP contribution in [0, 0.1) is 5.92 Å². The van der Waals surface area contributed by atoms with E-state index in [4.69, 9.17) is 5.73 Å². The van der Waals surface area contributed by atoms with Gasteiger partial charge in [-0.05, 0) is 25.2 Å². The van der Waals surface area contributed by atoms with Gasteiger partial charge in [-0.2, -0.15) is 0 Å². The van der Waals surface area contributed by atoms with Gasteiger partial charge in [0.1, 0.15) is 18.1 Å². The van der Waals surface area contributed by atoms with Crippen LogP contribution in [-0.2, 0) is 19.2 Å². The summed E-state index contributed by atoms with van der Waals surface area (Å²) in [5.41, 5.74) is 5.19. The molecule has 3 unspecified atom stereocenters. The number of aliphatic hydroxyl groups excluding tert-OH is 1. The van der Waals surface area contributed by atoms with Gasteiger partial charge >= 0.3 is 5.97 Å². The van der Waals surface area contributed by atoms with Gasteiger partial charge in [0.2, 0.25) is 17.7 Å². The summed E-state index contributed by atoms with van der Waals surface area (Å²) in [6.45, 7) is 3.02. The van der Waals surface area contributed by atoms with Crippen molar-refractivity contribution in [1.29, 1.82) is 0 Å². The molecule has 0 aromatic rings. The van der Waals surface area contributed by atoms with E-state index in [0.717, 1.165) is 0 Å². The molecule has 0 aromatic carbocycles. The first-order valence-electron chi connectivity index (χ1n) is 8.65. The Hall–Kier alpha value is -2.20. The largest absolute Gasteiger partial charge is 0.480 e. The predicted octanol–water partition coefficient (Wildman–Crippen LogP) is -1.97. The van der Waals surface area contributed by atoms with E-state index < -0.39 is 48.4 Å². The predicted molar refractivity (Wildman–Crippen MR) is 91.8 cm³/mol. The maximum atomic E-state index is 12.6. The van der Waals surface area contributed by atoms with E-state index in [9.17, 15) is 29.4 Å². The number of aliphatic carboxylic acids is 1. The lowest BCUT2D eigenvalue weighted by Crippen LogP contribution is -2.56. The molecule has 1 fully saturated rings. The summed E-state index contributed by atoms with van der Waals surface area (Å²) in [6, 6.07) is -3.06. The molecule has 10 heteroatoms. The molecule has 26 heavy (non-hydrogen) atoms. The first-order chi connectivity index (χ1) is 12.2. The normalized spacial score (nSPS) is 19.1. The maximum Gasteiger partial charge on any atom is 0.326 e. The summed E-state index contributed by atoms with van der Waals surface area (Å²) in [7, 11) is 0. The van der Waals surface area contributed by atoms with E-state index in [1.165, 1.54) is 4.90 Å². The van der Waals surface area contributed by atoms with Crippen LogP contribution in [0.4, 0.5) is 0 Å². The van der Waals surface area contributed by atoms with Crippen LogP contribution in [0.2, 0.25) is 0 Å². The minimum absolute atomic E-state index is 0.0722. The third-order valence-electron chi connectivity index (χ3n) is 4.16. The number of amides is 3. The quantitative estimate of drug-likeness (QED) is 0.313. The summed E-state index contributed by atoms with van der Waals surface area (Å²) >= 11 is 0. The average molecular weight is 372 g/mol. The number of rotatable bonds is 9. The number of aliphatic hydroxyl groups is 1. The highest BCUT2D eigenvalue weighted by Crippen LogP contribution is 2.19. The number of carbonyl (C=O) groups is 4. The fraction of sp³-hybridized carbons (Fsp3) is 0.750. The molecule has 0 bridgehead atoms. The molecule has 148 valence electrons. The first kappa shape index (κ1) is 21.8. The molecular formula is C16H28N4O6. The molecule has 0 spiro atoms. The van der Waals surface area contributed by atoms with Gasteiger partial charge in [0.25, 0.3) is 0 Å². The van der Waals surface area contributed by atoms with Crippen molar-refractivity contribution in [3.8, 4) is 0 Å². The smallest absolute Gasteiger partial charge is 0.326 e. The fourth-order valence-corrected chi connectivity index (χ4v) is 2.90. The van der Waals surface area contributed by atoms with Crippen molar-refractivity contribution in [2.45, 2.75) is 51.2 Å². The van der Waals surface area contributed by atoms with Crippen LogP contribution in [0.1, 0.15) is 33.1 Å². The molecule has 3 atom stereocenters. The molecule has 1 saturated heterocycles. The molecular weight excluding hydrogens is 344 g/mol. The molecule has 1 heterocycles. The Morgan fingerprint density at radius 1 is 1.19 bits per heavy atom. The molecule has 1 rings (SSSR count). The summed E-state index contributed by atoms with van der Waals surface area (Å²) in [5, 5.41) is 23.4. The second-order valence-corrected chi connectivity index (χ2v) is 6.73. The molecule has 0 saturated carbocycles. The van der Waals surface area contributed by atoms with E-state index in [0.29, 0.717) is 12.8 Å². The Balaban J connectivity index is 2.81. The highest BCUT2D eigenvalue weighted by molar-refractivity contribution is 5.94. The average Bonchev–Trinajstić information content (AvgIpc) is 3.07. The van der Waals surface area contributed by atoms with Crippen molar-refractivity contribution in [3.05, 3.63) is 0 Å². The Bertz CT molecular complexity index is 539. The van der Waals surface area contributed by atoms with Crippen LogP contribution in [0.5, 0.6) is 0 Å². The van der Waals surface area contributed by atoms with Crippen molar-refractivity contribution in [1.82, 2.24) is 15.5 Å². The molecule has 3 amide bonds. The highest BCUT2D eigenvalue weighted by Gasteiger charge is 2.38. The summed E-state index contributed by atoms with van der Waals surface area (Å²) < 4.78 is 0. The van der Waals surface area contributed by atoms with Crippen molar-refractivity contribution in [2.24, 2.45) is 11.7 Å². The number of hydrogen-bond acceptors (Lipinski definition) is 6. The number of carboxylic acid groups (broad SMARTS) is 1. The van der Waals surface area contributed by atoms with E-state index >= 15 is 0 Å². The number of likely N-dealkylation sites (tertiary alicyclic amines) is 1. The molecule has 1 aliphatic rings. The van der Waals surface area contributed by atoms with E-state index in [1.807, 2.05) is 13.8 Å². The molecule has 0 aromatic heterocycles. The number of hydrogen-bond donors (Lipinski definition) is 5.